The molecule has 0 bridgehead atoms. The Kier molecular flexibility index (Phi) is 4.24. The number of fused-ring (bicyclic) bond motifs is 1. The molecule has 0 aliphatic carbocycles. The number of methoxy groups -OCH3 is 1. The summed E-state index contributed by atoms with van der Waals surface area (Å²) in [5, 5.41) is 19.2. The maximum atomic E-state index is 10.3. The van der Waals surface area contributed by atoms with E-state index in [2.05, 4.69) is 31.7 Å². The summed E-state index contributed by atoms with van der Waals surface area (Å²) >= 11 is 0. The minimum absolute atomic E-state index is 0.120. The number of aromatic hydroxyl groups is 1. The van der Waals surface area contributed by atoms with Gasteiger partial charge in [0, 0.05) is 29.8 Å². The molecule has 7 heteroatoms. The summed E-state index contributed by atoms with van der Waals surface area (Å²) in [6.45, 7) is 4.10. The molecule has 7 nitrogen and oxygen atoms in total. The van der Waals surface area contributed by atoms with Gasteiger partial charge in [0.15, 0.2) is 5.65 Å². The van der Waals surface area contributed by atoms with Crippen LogP contribution in [-0.2, 0) is 0 Å². The molecule has 1 aliphatic rings. The molecule has 0 unspecified atom stereocenters. The van der Waals surface area contributed by atoms with E-state index in [1.807, 2.05) is 13.3 Å². The average molecular weight is 353 g/mol. The number of hydrogen-bond acceptors (Lipinski definition) is 6. The minimum atomic E-state index is 0.120. The monoisotopic (exact) mass is 353 g/mol. The lowest BCUT2D eigenvalue weighted by Gasteiger charge is -2.30. The van der Waals surface area contributed by atoms with Crippen molar-refractivity contribution in [3.63, 3.8) is 0 Å². The second kappa shape index (κ2) is 6.57. The summed E-state index contributed by atoms with van der Waals surface area (Å²) in [5.41, 5.74) is 3.82. The SMILES string of the molecule is COc1ccc(-c2nnc3c(ncn3[C@@H]3CCCN(C)C3)c2C)c(O)c1. The van der Waals surface area contributed by atoms with E-state index in [4.69, 9.17) is 4.74 Å². The third-order valence-electron chi connectivity index (χ3n) is 5.18. The van der Waals surface area contributed by atoms with Crippen LogP contribution in [-0.4, -0.2) is 57.0 Å². The number of imidazole rings is 1. The number of phenols is 1. The smallest absolute Gasteiger partial charge is 0.183 e. The lowest BCUT2D eigenvalue weighted by Crippen LogP contribution is -2.33. The third-order valence-corrected chi connectivity index (χ3v) is 5.18. The molecule has 0 amide bonds. The average Bonchev–Trinajstić information content (AvgIpc) is 3.07. The predicted octanol–water partition coefficient (Wildman–Crippen LogP) is 2.78. The number of benzene rings is 1. The summed E-state index contributed by atoms with van der Waals surface area (Å²) in [4.78, 5) is 6.94. The van der Waals surface area contributed by atoms with Crippen LogP contribution in [0.2, 0.25) is 0 Å². The van der Waals surface area contributed by atoms with Gasteiger partial charge in [-0.05, 0) is 45.5 Å². The first-order chi connectivity index (χ1) is 12.6. The molecule has 136 valence electrons. The molecule has 0 saturated carbocycles. The van der Waals surface area contributed by atoms with E-state index in [1.54, 1.807) is 25.3 Å². The Morgan fingerprint density at radius 1 is 1.27 bits per heavy atom. The molecule has 1 fully saturated rings. The maximum absolute atomic E-state index is 10.3. The molecule has 0 spiro atoms. The Morgan fingerprint density at radius 3 is 2.85 bits per heavy atom. The number of ether oxygens (including phenoxy) is 1. The molecule has 2 aromatic heterocycles. The summed E-state index contributed by atoms with van der Waals surface area (Å²) in [6, 6.07) is 5.55. The molecule has 1 atom stereocenters. The molecule has 1 aromatic carbocycles. The van der Waals surface area contributed by atoms with Crippen LogP contribution in [0.25, 0.3) is 22.4 Å². The quantitative estimate of drug-likeness (QED) is 0.780. The van der Waals surface area contributed by atoms with Crippen molar-refractivity contribution in [2.24, 2.45) is 0 Å². The highest BCUT2D eigenvalue weighted by Crippen LogP contribution is 2.35. The second-order valence-corrected chi connectivity index (χ2v) is 6.94. The Bertz CT molecular complexity index is 952. The lowest BCUT2D eigenvalue weighted by molar-refractivity contribution is 0.214. The Balaban J connectivity index is 1.77. The summed E-state index contributed by atoms with van der Waals surface area (Å²) in [5.74, 6) is 0.720. The molecule has 4 rings (SSSR count). The van der Waals surface area contributed by atoms with Crippen LogP contribution < -0.4 is 4.74 Å². The predicted molar refractivity (Wildman–Crippen MR) is 99.5 cm³/mol. The van der Waals surface area contributed by atoms with E-state index in [1.165, 1.54) is 6.42 Å². The van der Waals surface area contributed by atoms with Gasteiger partial charge in [-0.25, -0.2) is 4.98 Å². The molecular formula is C19H23N5O2. The van der Waals surface area contributed by atoms with E-state index >= 15 is 0 Å². The van der Waals surface area contributed by atoms with Crippen LogP contribution in [0.1, 0.15) is 24.4 Å². The zero-order valence-electron chi connectivity index (χ0n) is 15.3. The van der Waals surface area contributed by atoms with Crippen LogP contribution in [0.4, 0.5) is 0 Å². The van der Waals surface area contributed by atoms with Gasteiger partial charge in [0.2, 0.25) is 0 Å². The molecule has 3 aromatic rings. The first-order valence-corrected chi connectivity index (χ1v) is 8.84. The van der Waals surface area contributed by atoms with Gasteiger partial charge in [0.1, 0.15) is 22.7 Å². The minimum Gasteiger partial charge on any atom is -0.507 e. The van der Waals surface area contributed by atoms with Crippen molar-refractivity contribution in [3.05, 3.63) is 30.1 Å². The Hall–Kier alpha value is -2.67. The number of likely N-dealkylation sites (tertiary alicyclic amines) is 1. The van der Waals surface area contributed by atoms with Crippen LogP contribution >= 0.6 is 0 Å². The van der Waals surface area contributed by atoms with Gasteiger partial charge in [-0.2, -0.15) is 0 Å². The Morgan fingerprint density at radius 2 is 2.12 bits per heavy atom. The molecule has 26 heavy (non-hydrogen) atoms. The van der Waals surface area contributed by atoms with Gasteiger partial charge >= 0.3 is 0 Å². The first-order valence-electron chi connectivity index (χ1n) is 8.84. The fourth-order valence-corrected chi connectivity index (χ4v) is 3.73. The summed E-state index contributed by atoms with van der Waals surface area (Å²) in [6.07, 6.45) is 4.16. The van der Waals surface area contributed by atoms with Gasteiger partial charge < -0.3 is 19.3 Å². The number of piperidine rings is 1. The maximum Gasteiger partial charge on any atom is 0.183 e. The van der Waals surface area contributed by atoms with E-state index in [0.29, 0.717) is 23.0 Å². The number of hydrogen-bond donors (Lipinski definition) is 1. The van der Waals surface area contributed by atoms with Crippen molar-refractivity contribution in [2.75, 3.05) is 27.2 Å². The largest absolute Gasteiger partial charge is 0.507 e. The molecule has 1 N–H and O–H groups in total. The van der Waals surface area contributed by atoms with Gasteiger partial charge in [0.05, 0.1) is 13.4 Å². The van der Waals surface area contributed by atoms with Crippen LogP contribution in [0.5, 0.6) is 11.5 Å². The van der Waals surface area contributed by atoms with Gasteiger partial charge in [-0.15, -0.1) is 10.2 Å². The zero-order valence-corrected chi connectivity index (χ0v) is 15.3. The van der Waals surface area contributed by atoms with Gasteiger partial charge in [0.25, 0.3) is 0 Å². The highest BCUT2D eigenvalue weighted by Gasteiger charge is 2.23. The first kappa shape index (κ1) is 16.8. The van der Waals surface area contributed by atoms with E-state index in [-0.39, 0.29) is 5.75 Å². The third kappa shape index (κ3) is 2.78. The van der Waals surface area contributed by atoms with E-state index in [0.717, 1.165) is 36.2 Å². The molecule has 1 aliphatic heterocycles. The number of aryl methyl sites for hydroxylation is 1. The second-order valence-electron chi connectivity index (χ2n) is 6.94. The van der Waals surface area contributed by atoms with E-state index in [9.17, 15) is 5.11 Å². The number of rotatable bonds is 3. The van der Waals surface area contributed by atoms with Crippen LogP contribution in [0.15, 0.2) is 24.5 Å². The molecule has 0 radical (unpaired) electrons. The summed E-state index contributed by atoms with van der Waals surface area (Å²) in [7, 11) is 3.72. The topological polar surface area (TPSA) is 76.3 Å². The number of likely N-dealkylation sites (N-methyl/N-ethyl adjacent to an activating group) is 1. The Labute approximate surface area is 152 Å². The number of phenolic OH excluding ortho intramolecular Hbond substituents is 1. The highest BCUT2D eigenvalue weighted by molar-refractivity contribution is 5.83. The lowest BCUT2D eigenvalue weighted by atomic mass is 10.0. The summed E-state index contributed by atoms with van der Waals surface area (Å²) < 4.78 is 7.29. The zero-order chi connectivity index (χ0) is 18.3. The van der Waals surface area contributed by atoms with Gasteiger partial charge in [-0.3, -0.25) is 0 Å². The fraction of sp³-hybridized carbons (Fsp3) is 0.421. The normalized spacial score (nSPS) is 18.3. The van der Waals surface area contributed by atoms with Gasteiger partial charge in [-0.1, -0.05) is 0 Å². The van der Waals surface area contributed by atoms with Crippen molar-refractivity contribution in [3.8, 4) is 22.8 Å². The van der Waals surface area contributed by atoms with Crippen LogP contribution in [0.3, 0.4) is 0 Å². The van der Waals surface area contributed by atoms with Crippen molar-refractivity contribution < 1.29 is 9.84 Å². The standard InChI is InChI=1S/C19H23N5O2/c1-12-17(15-7-6-14(26-3)9-16(15)25)21-22-19-18(12)20-11-24(19)13-5-4-8-23(2)10-13/h6-7,9,11,13,25H,4-5,8,10H2,1-3H3/t13-/m1/s1. The van der Waals surface area contributed by atoms with Crippen molar-refractivity contribution in [1.29, 1.82) is 0 Å². The number of aromatic nitrogens is 4. The van der Waals surface area contributed by atoms with Crippen molar-refractivity contribution in [1.82, 2.24) is 24.6 Å². The molecular weight excluding hydrogens is 330 g/mol. The van der Waals surface area contributed by atoms with Crippen molar-refractivity contribution >= 4 is 11.2 Å². The van der Waals surface area contributed by atoms with Crippen LogP contribution in [0, 0.1) is 6.92 Å². The van der Waals surface area contributed by atoms with E-state index < -0.39 is 0 Å². The molecule has 1 saturated heterocycles. The number of nitrogens with zero attached hydrogens (tertiary/aromatic N) is 5. The van der Waals surface area contributed by atoms with Crippen molar-refractivity contribution in [2.45, 2.75) is 25.8 Å². The molecule has 3 heterocycles. The fourth-order valence-electron chi connectivity index (χ4n) is 3.73. The highest BCUT2D eigenvalue weighted by atomic mass is 16.5.